The molecule has 0 saturated heterocycles. The maximum absolute atomic E-state index is 12.3. The van der Waals surface area contributed by atoms with Gasteiger partial charge in [0.05, 0.1) is 6.54 Å². The fourth-order valence-electron chi connectivity index (χ4n) is 2.81. The molecular formula is C17H27ClN2O2. The summed E-state index contributed by atoms with van der Waals surface area (Å²) in [6.07, 6.45) is 3.90. The summed E-state index contributed by atoms with van der Waals surface area (Å²) < 4.78 is 5.67. The van der Waals surface area contributed by atoms with Crippen molar-refractivity contribution in [3.63, 3.8) is 0 Å². The Morgan fingerprint density at radius 1 is 1.32 bits per heavy atom. The van der Waals surface area contributed by atoms with Gasteiger partial charge < -0.3 is 15.4 Å². The molecule has 1 fully saturated rings. The van der Waals surface area contributed by atoms with Crippen molar-refractivity contribution in [1.82, 2.24) is 4.90 Å². The number of nitrogens with two attached hydrogens (primary N) is 1. The summed E-state index contributed by atoms with van der Waals surface area (Å²) >= 11 is 0. The van der Waals surface area contributed by atoms with E-state index in [4.69, 9.17) is 10.5 Å². The predicted molar refractivity (Wildman–Crippen MR) is 91.5 cm³/mol. The number of carbonyl (C=O) groups excluding carboxylic acids is 1. The van der Waals surface area contributed by atoms with Crippen molar-refractivity contribution in [1.29, 1.82) is 0 Å². The molecule has 0 spiro atoms. The molecule has 4 nitrogen and oxygen atoms in total. The van der Waals surface area contributed by atoms with Crippen LogP contribution in [0.3, 0.4) is 0 Å². The fraction of sp³-hybridized carbons (Fsp3) is 0.588. The number of rotatable bonds is 5. The average Bonchev–Trinajstić information content (AvgIpc) is 2.48. The summed E-state index contributed by atoms with van der Waals surface area (Å²) in [4.78, 5) is 14.1. The first-order chi connectivity index (χ1) is 10.1. The van der Waals surface area contributed by atoms with Gasteiger partial charge in [0.25, 0.3) is 0 Å². The zero-order chi connectivity index (χ0) is 15.2. The van der Waals surface area contributed by atoms with Crippen LogP contribution in [0.4, 0.5) is 0 Å². The van der Waals surface area contributed by atoms with E-state index in [-0.39, 0.29) is 30.3 Å². The van der Waals surface area contributed by atoms with E-state index in [2.05, 4.69) is 0 Å². The summed E-state index contributed by atoms with van der Waals surface area (Å²) in [6.45, 7) is 3.17. The molecule has 124 valence electrons. The molecule has 0 radical (unpaired) electrons. The van der Waals surface area contributed by atoms with E-state index >= 15 is 0 Å². The Morgan fingerprint density at radius 2 is 2.00 bits per heavy atom. The van der Waals surface area contributed by atoms with Crippen LogP contribution < -0.4 is 10.5 Å². The van der Waals surface area contributed by atoms with Crippen molar-refractivity contribution < 1.29 is 9.53 Å². The molecule has 0 aromatic heterocycles. The number of likely N-dealkylation sites (N-methyl/N-ethyl adjacent to an activating group) is 1. The second kappa shape index (κ2) is 9.01. The van der Waals surface area contributed by atoms with E-state index in [1.54, 1.807) is 4.90 Å². The van der Waals surface area contributed by atoms with Gasteiger partial charge in [-0.3, -0.25) is 4.79 Å². The number of amides is 1. The topological polar surface area (TPSA) is 55.6 Å². The number of hydrogen-bond acceptors (Lipinski definition) is 3. The number of ether oxygens (including phenoxy) is 1. The third kappa shape index (κ3) is 5.50. The molecule has 2 N–H and O–H groups in total. The molecule has 1 aliphatic carbocycles. The van der Waals surface area contributed by atoms with Crippen LogP contribution in [-0.4, -0.2) is 37.0 Å². The molecule has 22 heavy (non-hydrogen) atoms. The summed E-state index contributed by atoms with van der Waals surface area (Å²) in [7, 11) is 1.85. The smallest absolute Gasteiger partial charge is 0.225 e. The van der Waals surface area contributed by atoms with E-state index < -0.39 is 0 Å². The van der Waals surface area contributed by atoms with Gasteiger partial charge in [-0.2, -0.15) is 0 Å². The van der Waals surface area contributed by atoms with Gasteiger partial charge in [0, 0.05) is 19.0 Å². The molecule has 1 amide bonds. The van der Waals surface area contributed by atoms with Crippen LogP contribution in [0.2, 0.25) is 0 Å². The summed E-state index contributed by atoms with van der Waals surface area (Å²) in [5.74, 6) is 1.15. The minimum Gasteiger partial charge on any atom is -0.492 e. The fourth-order valence-corrected chi connectivity index (χ4v) is 2.81. The van der Waals surface area contributed by atoms with Crippen molar-refractivity contribution in [2.45, 2.75) is 38.6 Å². The molecule has 2 rings (SSSR count). The highest BCUT2D eigenvalue weighted by Gasteiger charge is 2.27. The van der Waals surface area contributed by atoms with Crippen molar-refractivity contribution in [2.75, 3.05) is 20.2 Å². The minimum absolute atomic E-state index is 0. The van der Waals surface area contributed by atoms with Gasteiger partial charge in [0.1, 0.15) is 12.4 Å². The Hall–Kier alpha value is -1.26. The zero-order valence-corrected chi connectivity index (χ0v) is 14.3. The second-order valence-corrected chi connectivity index (χ2v) is 6.04. The van der Waals surface area contributed by atoms with Crippen LogP contribution in [-0.2, 0) is 4.79 Å². The summed E-state index contributed by atoms with van der Waals surface area (Å²) in [6, 6.07) is 8.14. The zero-order valence-electron chi connectivity index (χ0n) is 13.5. The predicted octanol–water partition coefficient (Wildman–Crippen LogP) is 2.77. The number of nitrogens with zero attached hydrogens (tertiary/aromatic N) is 1. The van der Waals surface area contributed by atoms with Crippen LogP contribution >= 0.6 is 12.4 Å². The molecule has 1 aromatic carbocycles. The Kier molecular flexibility index (Phi) is 7.69. The van der Waals surface area contributed by atoms with Crippen LogP contribution in [0.15, 0.2) is 24.3 Å². The van der Waals surface area contributed by atoms with Gasteiger partial charge in [-0.05, 0) is 38.3 Å². The molecule has 2 atom stereocenters. The van der Waals surface area contributed by atoms with Crippen molar-refractivity contribution >= 4 is 18.3 Å². The first kappa shape index (κ1) is 18.8. The molecular weight excluding hydrogens is 300 g/mol. The van der Waals surface area contributed by atoms with Gasteiger partial charge in [-0.15, -0.1) is 12.4 Å². The minimum atomic E-state index is 0. The highest BCUT2D eigenvalue weighted by molar-refractivity contribution is 5.85. The normalized spacial score (nSPS) is 20.9. The van der Waals surface area contributed by atoms with E-state index in [1.165, 1.54) is 5.56 Å². The van der Waals surface area contributed by atoms with Gasteiger partial charge in [-0.25, -0.2) is 0 Å². The van der Waals surface area contributed by atoms with Crippen LogP contribution in [0, 0.1) is 12.8 Å². The van der Waals surface area contributed by atoms with Crippen LogP contribution in [0.5, 0.6) is 5.75 Å². The molecule has 1 saturated carbocycles. The van der Waals surface area contributed by atoms with Crippen LogP contribution in [0.25, 0.3) is 0 Å². The van der Waals surface area contributed by atoms with Gasteiger partial charge in [0.15, 0.2) is 0 Å². The maximum atomic E-state index is 12.3. The third-order valence-electron chi connectivity index (χ3n) is 4.16. The Balaban J connectivity index is 0.00000242. The molecule has 1 aliphatic rings. The first-order valence-corrected chi connectivity index (χ1v) is 7.76. The quantitative estimate of drug-likeness (QED) is 0.905. The molecule has 5 heteroatoms. The lowest BCUT2D eigenvalue weighted by Gasteiger charge is -2.29. The van der Waals surface area contributed by atoms with Gasteiger partial charge in [-0.1, -0.05) is 24.1 Å². The van der Waals surface area contributed by atoms with Crippen LogP contribution in [0.1, 0.15) is 31.2 Å². The lowest BCUT2D eigenvalue weighted by molar-refractivity contribution is -0.135. The SMILES string of the molecule is Cc1ccc(OCCN(C)C(=O)C2CCCC(N)C2)cc1.Cl. The Labute approximate surface area is 139 Å². The molecule has 1 aromatic rings. The largest absolute Gasteiger partial charge is 0.492 e. The Bertz CT molecular complexity index is 464. The lowest BCUT2D eigenvalue weighted by Crippen LogP contribution is -2.40. The lowest BCUT2D eigenvalue weighted by atomic mass is 9.85. The van der Waals surface area contributed by atoms with Gasteiger partial charge >= 0.3 is 0 Å². The van der Waals surface area contributed by atoms with E-state index in [9.17, 15) is 4.79 Å². The van der Waals surface area contributed by atoms with Crippen molar-refractivity contribution in [3.8, 4) is 5.75 Å². The summed E-state index contributed by atoms with van der Waals surface area (Å²) in [5.41, 5.74) is 7.17. The number of carbonyl (C=O) groups is 1. The highest BCUT2D eigenvalue weighted by Crippen LogP contribution is 2.24. The van der Waals surface area contributed by atoms with Crippen molar-refractivity contribution in [2.24, 2.45) is 11.7 Å². The second-order valence-electron chi connectivity index (χ2n) is 6.04. The number of benzene rings is 1. The maximum Gasteiger partial charge on any atom is 0.225 e. The molecule has 0 bridgehead atoms. The van der Waals surface area contributed by atoms with Gasteiger partial charge in [0.2, 0.25) is 5.91 Å². The highest BCUT2D eigenvalue weighted by atomic mass is 35.5. The monoisotopic (exact) mass is 326 g/mol. The number of aryl methyl sites for hydroxylation is 1. The Morgan fingerprint density at radius 3 is 2.64 bits per heavy atom. The number of halogens is 1. The third-order valence-corrected chi connectivity index (χ3v) is 4.16. The van der Waals surface area contributed by atoms with E-state index in [0.29, 0.717) is 13.2 Å². The summed E-state index contributed by atoms with van der Waals surface area (Å²) in [5, 5.41) is 0. The molecule has 0 aliphatic heterocycles. The van der Waals surface area contributed by atoms with E-state index in [1.807, 2.05) is 38.2 Å². The number of hydrogen-bond donors (Lipinski definition) is 1. The van der Waals surface area contributed by atoms with Crippen molar-refractivity contribution in [3.05, 3.63) is 29.8 Å². The molecule has 0 heterocycles. The van der Waals surface area contributed by atoms with E-state index in [0.717, 1.165) is 31.4 Å². The first-order valence-electron chi connectivity index (χ1n) is 7.76. The molecule has 2 unspecified atom stereocenters. The standard InChI is InChI=1S/C17H26N2O2.ClH/c1-13-6-8-16(9-7-13)21-11-10-19(2)17(20)14-4-3-5-15(18)12-14;/h6-9,14-15H,3-5,10-12,18H2,1-2H3;1H. The average molecular weight is 327 g/mol.